The lowest BCUT2D eigenvalue weighted by molar-refractivity contribution is 0.0520. The average molecular weight is 581 g/mol. The van der Waals surface area contributed by atoms with Crippen LogP contribution in [0.5, 0.6) is 0 Å². The summed E-state index contributed by atoms with van der Waals surface area (Å²) in [5.41, 5.74) is 5.35. The highest BCUT2D eigenvalue weighted by Gasteiger charge is 2.29. The van der Waals surface area contributed by atoms with E-state index in [1.54, 1.807) is 25.3 Å². The van der Waals surface area contributed by atoms with Crippen LogP contribution < -0.4 is 5.14 Å². The standard InChI is InChI=1S/C29H27FN4O3S2.H2O/c1-3-6-18-7-5-8-21(13-18)27-22(14-20-11-12-26(39(31)36)23(30)15-20)25(16-19-9-10-19)34(33-27)29-32-24(17-38-29)28(35)37-4-2;/h5,7-8,11-13,15,17,19H,4,9-10,14,16H2,1-2H3,(H2,31,36);1H2. The zero-order chi connectivity index (χ0) is 27.5. The van der Waals surface area contributed by atoms with Gasteiger partial charge in [-0.05, 0) is 68.9 Å². The Bertz CT molecular complexity index is 1630. The summed E-state index contributed by atoms with van der Waals surface area (Å²) in [7, 11) is -2.28. The van der Waals surface area contributed by atoms with Gasteiger partial charge in [-0.1, -0.05) is 28.3 Å². The van der Waals surface area contributed by atoms with Gasteiger partial charge in [0.1, 0.15) is 0 Å². The minimum atomic E-state index is -2.28. The zero-order valence-electron chi connectivity index (χ0n) is 22.1. The molecule has 0 amide bonds. The van der Waals surface area contributed by atoms with Crippen LogP contribution in [0.15, 0.2) is 52.7 Å². The minimum absolute atomic E-state index is 0. The lowest BCUT2D eigenvalue weighted by Gasteiger charge is -2.09. The highest BCUT2D eigenvalue weighted by atomic mass is 32.2. The number of aromatic nitrogens is 3. The number of hydrogen-bond acceptors (Lipinski definition) is 7. The Kier molecular flexibility index (Phi) is 9.27. The molecule has 1 aliphatic rings. The van der Waals surface area contributed by atoms with Crippen molar-refractivity contribution >= 4 is 28.3 Å². The fourth-order valence-corrected chi connectivity index (χ4v) is 5.72. The normalized spacial score (nSPS) is 13.2. The Morgan fingerprint density at radius 1 is 1.27 bits per heavy atom. The second kappa shape index (κ2) is 12.7. The first-order valence-electron chi connectivity index (χ1n) is 12.6. The summed E-state index contributed by atoms with van der Waals surface area (Å²) < 4.78 is 33.4. The van der Waals surface area contributed by atoms with Gasteiger partial charge >= 0.3 is 5.97 Å². The van der Waals surface area contributed by atoms with Gasteiger partial charge in [-0.15, -0.1) is 22.4 Å². The van der Waals surface area contributed by atoms with Crippen molar-refractivity contribution in [2.75, 3.05) is 6.61 Å². The second-order valence-corrected chi connectivity index (χ2v) is 11.3. The molecule has 1 unspecified atom stereocenters. The van der Waals surface area contributed by atoms with E-state index in [1.165, 1.54) is 23.5 Å². The van der Waals surface area contributed by atoms with Gasteiger partial charge < -0.3 is 10.2 Å². The van der Waals surface area contributed by atoms with Gasteiger partial charge in [-0.3, -0.25) is 0 Å². The number of thiazole rings is 1. The van der Waals surface area contributed by atoms with Crippen molar-refractivity contribution in [2.45, 2.75) is 44.4 Å². The summed E-state index contributed by atoms with van der Waals surface area (Å²) in [6, 6.07) is 12.5. The van der Waals surface area contributed by atoms with E-state index in [4.69, 9.17) is 15.0 Å². The number of nitrogens with zero attached hydrogens (tertiary/aromatic N) is 3. The van der Waals surface area contributed by atoms with Crippen LogP contribution in [-0.4, -0.2) is 32.8 Å². The summed E-state index contributed by atoms with van der Waals surface area (Å²) >= 11 is 1.32. The fraction of sp³-hybridized carbons (Fsp3) is 0.276. The van der Waals surface area contributed by atoms with Crippen molar-refractivity contribution in [2.24, 2.45) is 11.1 Å². The molecule has 1 aliphatic carbocycles. The van der Waals surface area contributed by atoms with Crippen molar-refractivity contribution in [1.82, 2.24) is 14.8 Å². The maximum absolute atomic E-state index is 14.7. The SMILES string of the molecule is CC#Cc1cccc(-c2nn(-c3nc(C(=O)OCC)cs3)c(CC3CC3)c2Cc2ccc([SH+](N)=O)c(F)c2)c1.[OH-]. The summed E-state index contributed by atoms with van der Waals surface area (Å²) in [6.45, 7) is 3.81. The molecule has 2 aromatic carbocycles. The predicted molar refractivity (Wildman–Crippen MR) is 153 cm³/mol. The van der Waals surface area contributed by atoms with Crippen molar-refractivity contribution in [1.29, 1.82) is 0 Å². The maximum atomic E-state index is 14.7. The van der Waals surface area contributed by atoms with E-state index in [-0.39, 0.29) is 22.7 Å². The van der Waals surface area contributed by atoms with Gasteiger partial charge in [0.2, 0.25) is 10.0 Å². The molecule has 40 heavy (non-hydrogen) atoms. The summed E-state index contributed by atoms with van der Waals surface area (Å²) in [5.74, 6) is 5.49. The second-order valence-electron chi connectivity index (χ2n) is 9.31. The van der Waals surface area contributed by atoms with E-state index in [2.05, 4.69) is 16.8 Å². The van der Waals surface area contributed by atoms with Crippen LogP contribution in [-0.2, 0) is 32.8 Å². The molecule has 1 fully saturated rings. The smallest absolute Gasteiger partial charge is 0.357 e. The third-order valence-corrected chi connectivity index (χ3v) is 8.12. The maximum Gasteiger partial charge on any atom is 0.357 e. The van der Waals surface area contributed by atoms with E-state index in [0.717, 1.165) is 47.3 Å². The van der Waals surface area contributed by atoms with Crippen LogP contribution in [0, 0.1) is 23.6 Å². The number of thiol groups is 1. The van der Waals surface area contributed by atoms with Crippen LogP contribution in [0.4, 0.5) is 4.39 Å². The molecule has 5 rings (SSSR count). The molecule has 3 N–H and O–H groups in total. The molecule has 0 aliphatic heterocycles. The van der Waals surface area contributed by atoms with Gasteiger partial charge in [0.25, 0.3) is 0 Å². The van der Waals surface area contributed by atoms with Gasteiger partial charge in [-0.25, -0.2) is 18.9 Å². The van der Waals surface area contributed by atoms with Gasteiger partial charge in [0.05, 0.1) is 18.0 Å². The number of benzene rings is 2. The highest BCUT2D eigenvalue weighted by Crippen LogP contribution is 2.38. The molecule has 1 saturated carbocycles. The third kappa shape index (κ3) is 6.37. The number of carbonyl (C=O) groups is 1. The molecular weight excluding hydrogens is 551 g/mol. The van der Waals surface area contributed by atoms with Gasteiger partial charge in [0.15, 0.2) is 22.5 Å². The van der Waals surface area contributed by atoms with Crippen molar-refractivity contribution in [3.8, 4) is 28.2 Å². The molecule has 0 radical (unpaired) electrons. The first kappa shape index (κ1) is 29.3. The van der Waals surface area contributed by atoms with E-state index in [1.807, 2.05) is 28.9 Å². The lowest BCUT2D eigenvalue weighted by Crippen LogP contribution is -2.08. The van der Waals surface area contributed by atoms with Crippen molar-refractivity contribution in [3.05, 3.63) is 81.7 Å². The number of esters is 1. The third-order valence-electron chi connectivity index (χ3n) is 6.46. The van der Waals surface area contributed by atoms with Crippen molar-refractivity contribution < 1.29 is 23.6 Å². The highest BCUT2D eigenvalue weighted by molar-refractivity contribution is 7.82. The number of nitrogens with two attached hydrogens (primary N) is 1. The molecular formula is C29H29FN4O4S2. The largest absolute Gasteiger partial charge is 0.870 e. The molecule has 4 aromatic rings. The summed E-state index contributed by atoms with van der Waals surface area (Å²) in [4.78, 5) is 16.9. The quantitative estimate of drug-likeness (QED) is 0.129. The van der Waals surface area contributed by atoms with Crippen LogP contribution in [0.3, 0.4) is 0 Å². The van der Waals surface area contributed by atoms with Crippen LogP contribution in [0.2, 0.25) is 0 Å². The fourth-order valence-electron chi connectivity index (χ4n) is 4.46. The Hall–Kier alpha value is -3.69. The molecule has 0 saturated heterocycles. The monoisotopic (exact) mass is 580 g/mol. The number of ether oxygens (including phenoxy) is 1. The van der Waals surface area contributed by atoms with Gasteiger partial charge in [-0.2, -0.15) is 5.10 Å². The van der Waals surface area contributed by atoms with E-state index < -0.39 is 22.8 Å². The number of carbonyl (C=O) groups excluding carboxylic acids is 1. The van der Waals surface area contributed by atoms with E-state index >= 15 is 0 Å². The lowest BCUT2D eigenvalue weighted by atomic mass is 9.96. The Labute approximate surface area is 238 Å². The molecule has 2 aromatic heterocycles. The predicted octanol–water partition coefficient (Wildman–Crippen LogP) is 4.98. The summed E-state index contributed by atoms with van der Waals surface area (Å²) in [6.07, 6.45) is 3.43. The van der Waals surface area contributed by atoms with Crippen LogP contribution >= 0.6 is 11.3 Å². The Balaban J connectivity index is 0.00000370. The average Bonchev–Trinajstić information content (AvgIpc) is 3.47. The van der Waals surface area contributed by atoms with Crippen molar-refractivity contribution in [3.63, 3.8) is 0 Å². The minimum Gasteiger partial charge on any atom is -0.870 e. The molecule has 8 nitrogen and oxygen atoms in total. The van der Waals surface area contributed by atoms with Crippen LogP contribution in [0.25, 0.3) is 16.4 Å². The molecule has 0 bridgehead atoms. The molecule has 11 heteroatoms. The van der Waals surface area contributed by atoms with E-state index in [9.17, 15) is 13.4 Å². The summed E-state index contributed by atoms with van der Waals surface area (Å²) in [5, 5.41) is 12.7. The first-order chi connectivity index (χ1) is 18.9. The molecule has 0 spiro atoms. The number of rotatable bonds is 9. The zero-order valence-corrected chi connectivity index (χ0v) is 23.8. The van der Waals surface area contributed by atoms with Gasteiger partial charge in [0, 0.05) is 28.5 Å². The Morgan fingerprint density at radius 3 is 2.75 bits per heavy atom. The number of hydrogen-bond donors (Lipinski definition) is 1. The topological polar surface area (TPSA) is 130 Å². The first-order valence-corrected chi connectivity index (χ1v) is 14.9. The Morgan fingerprint density at radius 2 is 2.08 bits per heavy atom. The number of halogens is 1. The molecule has 2 heterocycles. The van der Waals surface area contributed by atoms with E-state index in [0.29, 0.717) is 23.0 Å². The molecule has 208 valence electrons. The van der Waals surface area contributed by atoms with Crippen LogP contribution in [0.1, 0.15) is 59.6 Å². The molecule has 1 atom stereocenters.